The van der Waals surface area contributed by atoms with Crippen LogP contribution in [0.3, 0.4) is 0 Å². The number of aromatic nitrogens is 2. The number of hydrogen-bond acceptors (Lipinski definition) is 4. The number of pyridine rings is 1. The molecule has 2 amide bonds. The fraction of sp³-hybridized carbons (Fsp3) is 0.300. The lowest BCUT2D eigenvalue weighted by Crippen LogP contribution is -2.36. The minimum absolute atomic E-state index is 0.157. The summed E-state index contributed by atoms with van der Waals surface area (Å²) in [6.45, 7) is 0.494. The highest BCUT2D eigenvalue weighted by molar-refractivity contribution is 5.92. The number of nitrogens with zero attached hydrogens (tertiary/aromatic N) is 3. The Labute approximate surface area is 157 Å². The molecule has 1 aliphatic carbocycles. The number of carbonyl (C=O) groups excluding carboxylic acids is 1. The highest BCUT2D eigenvalue weighted by Gasteiger charge is 2.33. The van der Waals surface area contributed by atoms with Gasteiger partial charge >= 0.3 is 6.03 Å². The van der Waals surface area contributed by atoms with Crippen LogP contribution >= 0.6 is 0 Å². The van der Waals surface area contributed by atoms with Gasteiger partial charge in [-0.1, -0.05) is 12.1 Å². The Morgan fingerprint density at radius 2 is 2.07 bits per heavy atom. The largest absolute Gasteiger partial charge is 0.493 e. The second kappa shape index (κ2) is 7.19. The van der Waals surface area contributed by atoms with E-state index in [9.17, 15) is 4.79 Å². The monoisotopic (exact) mass is 366 g/mol. The number of fused-ring (bicyclic) bond motifs is 1. The van der Waals surface area contributed by atoms with Crippen molar-refractivity contribution in [1.29, 1.82) is 0 Å². The van der Waals surface area contributed by atoms with Crippen molar-refractivity contribution in [2.24, 2.45) is 0 Å². The van der Waals surface area contributed by atoms with E-state index in [0.29, 0.717) is 23.7 Å². The van der Waals surface area contributed by atoms with Gasteiger partial charge in [-0.3, -0.25) is 0 Å². The standard InChI is InChI=1S/C20H22N4O3/c1-26-17-7-5-6-16(19(17)27-2)22-20(25)24(14-9-10-14)13-15-12-21-18-8-3-4-11-23(15)18/h3-8,11-12,14H,9-10,13H2,1-2H3,(H,22,25). The molecule has 0 aliphatic heterocycles. The summed E-state index contributed by atoms with van der Waals surface area (Å²) >= 11 is 0. The van der Waals surface area contributed by atoms with Gasteiger partial charge in [0.15, 0.2) is 11.5 Å². The van der Waals surface area contributed by atoms with E-state index in [1.54, 1.807) is 26.4 Å². The number of carbonyl (C=O) groups is 1. The van der Waals surface area contributed by atoms with E-state index in [1.165, 1.54) is 0 Å². The van der Waals surface area contributed by atoms with Gasteiger partial charge in [-0.2, -0.15) is 0 Å². The molecule has 3 aromatic rings. The lowest BCUT2D eigenvalue weighted by Gasteiger charge is -2.23. The van der Waals surface area contributed by atoms with E-state index < -0.39 is 0 Å². The average molecular weight is 366 g/mol. The maximum atomic E-state index is 13.0. The van der Waals surface area contributed by atoms with E-state index in [-0.39, 0.29) is 12.1 Å². The van der Waals surface area contributed by atoms with Crippen molar-refractivity contribution < 1.29 is 14.3 Å². The lowest BCUT2D eigenvalue weighted by atomic mass is 10.2. The summed E-state index contributed by atoms with van der Waals surface area (Å²) in [4.78, 5) is 19.3. The third-order valence-electron chi connectivity index (χ3n) is 4.72. The Morgan fingerprint density at radius 1 is 1.22 bits per heavy atom. The Kier molecular flexibility index (Phi) is 4.58. The summed E-state index contributed by atoms with van der Waals surface area (Å²) in [6, 6.07) is 11.4. The number of para-hydroxylation sites is 1. The molecule has 1 N–H and O–H groups in total. The summed E-state index contributed by atoms with van der Waals surface area (Å²) in [5, 5.41) is 2.97. The van der Waals surface area contributed by atoms with Crippen LogP contribution in [0.2, 0.25) is 0 Å². The maximum absolute atomic E-state index is 13.0. The van der Waals surface area contributed by atoms with Crippen molar-refractivity contribution in [3.63, 3.8) is 0 Å². The molecule has 2 aromatic heterocycles. The van der Waals surface area contributed by atoms with Gasteiger partial charge in [-0.15, -0.1) is 0 Å². The van der Waals surface area contributed by atoms with Crippen LogP contribution in [0.25, 0.3) is 5.65 Å². The van der Waals surface area contributed by atoms with Gasteiger partial charge in [0.05, 0.1) is 38.3 Å². The number of imidazole rings is 1. The summed E-state index contributed by atoms with van der Waals surface area (Å²) in [5.41, 5.74) is 2.44. The Balaban J connectivity index is 1.57. The van der Waals surface area contributed by atoms with Crippen molar-refractivity contribution in [2.75, 3.05) is 19.5 Å². The molecule has 0 spiro atoms. The normalized spacial score (nSPS) is 13.4. The second-order valence-electron chi connectivity index (χ2n) is 6.51. The molecule has 1 saturated carbocycles. The zero-order valence-corrected chi connectivity index (χ0v) is 15.4. The molecule has 1 aliphatic rings. The molecule has 0 bridgehead atoms. The molecule has 140 valence electrons. The molecule has 0 radical (unpaired) electrons. The topological polar surface area (TPSA) is 68.1 Å². The SMILES string of the molecule is COc1cccc(NC(=O)N(Cc2cnc3ccccn23)C2CC2)c1OC. The maximum Gasteiger partial charge on any atom is 0.322 e. The summed E-state index contributed by atoms with van der Waals surface area (Å²) in [5.74, 6) is 1.09. The average Bonchev–Trinajstić information content (AvgIpc) is 3.46. The summed E-state index contributed by atoms with van der Waals surface area (Å²) in [6.07, 6.45) is 5.81. The summed E-state index contributed by atoms with van der Waals surface area (Å²) < 4.78 is 12.7. The third-order valence-corrected chi connectivity index (χ3v) is 4.72. The first kappa shape index (κ1) is 17.2. The van der Waals surface area contributed by atoms with Crippen LogP contribution in [0, 0.1) is 0 Å². The van der Waals surface area contributed by atoms with Crippen molar-refractivity contribution >= 4 is 17.4 Å². The van der Waals surface area contributed by atoms with Gasteiger partial charge in [0, 0.05) is 12.2 Å². The molecule has 1 aromatic carbocycles. The molecule has 1 fully saturated rings. The van der Waals surface area contributed by atoms with E-state index in [0.717, 1.165) is 24.2 Å². The van der Waals surface area contributed by atoms with Crippen LogP contribution in [0.15, 0.2) is 48.8 Å². The van der Waals surface area contributed by atoms with Gasteiger partial charge in [0.25, 0.3) is 0 Å². The van der Waals surface area contributed by atoms with Crippen LogP contribution < -0.4 is 14.8 Å². The van der Waals surface area contributed by atoms with E-state index in [1.807, 2.05) is 46.0 Å². The number of hydrogen-bond donors (Lipinski definition) is 1. The molecule has 7 heteroatoms. The molecule has 4 rings (SSSR count). The minimum atomic E-state index is -0.157. The second-order valence-corrected chi connectivity index (χ2v) is 6.51. The molecule has 0 unspecified atom stereocenters. The minimum Gasteiger partial charge on any atom is -0.493 e. The van der Waals surface area contributed by atoms with Gasteiger partial charge in [0.2, 0.25) is 0 Å². The van der Waals surface area contributed by atoms with Crippen LogP contribution in [0.1, 0.15) is 18.5 Å². The number of anilines is 1. The zero-order chi connectivity index (χ0) is 18.8. The number of methoxy groups -OCH3 is 2. The molecule has 0 saturated heterocycles. The fourth-order valence-corrected chi connectivity index (χ4v) is 3.20. The number of amides is 2. The highest BCUT2D eigenvalue weighted by atomic mass is 16.5. The van der Waals surface area contributed by atoms with E-state index in [4.69, 9.17) is 9.47 Å². The molecule has 2 heterocycles. The first-order chi connectivity index (χ1) is 13.2. The van der Waals surface area contributed by atoms with Gasteiger partial charge in [-0.25, -0.2) is 9.78 Å². The number of benzene rings is 1. The predicted octanol–water partition coefficient (Wildman–Crippen LogP) is 3.55. The smallest absolute Gasteiger partial charge is 0.322 e. The Morgan fingerprint density at radius 3 is 2.81 bits per heavy atom. The first-order valence-corrected chi connectivity index (χ1v) is 8.91. The zero-order valence-electron chi connectivity index (χ0n) is 15.4. The number of nitrogens with one attached hydrogen (secondary N) is 1. The van der Waals surface area contributed by atoms with Crippen molar-refractivity contribution in [1.82, 2.24) is 14.3 Å². The van der Waals surface area contributed by atoms with Gasteiger partial charge < -0.3 is 24.1 Å². The molecule has 7 nitrogen and oxygen atoms in total. The molecular formula is C20H22N4O3. The number of rotatable bonds is 6. The van der Waals surface area contributed by atoms with Crippen molar-refractivity contribution in [3.8, 4) is 11.5 Å². The summed E-state index contributed by atoms with van der Waals surface area (Å²) in [7, 11) is 3.13. The van der Waals surface area contributed by atoms with Crippen LogP contribution in [-0.2, 0) is 6.54 Å². The van der Waals surface area contributed by atoms with Crippen molar-refractivity contribution in [3.05, 3.63) is 54.5 Å². The van der Waals surface area contributed by atoms with E-state index in [2.05, 4.69) is 10.3 Å². The van der Waals surface area contributed by atoms with Gasteiger partial charge in [-0.05, 0) is 37.1 Å². The van der Waals surface area contributed by atoms with Crippen LogP contribution in [-0.4, -0.2) is 40.6 Å². The third kappa shape index (κ3) is 3.40. The fourth-order valence-electron chi connectivity index (χ4n) is 3.20. The highest BCUT2D eigenvalue weighted by Crippen LogP contribution is 2.36. The van der Waals surface area contributed by atoms with Gasteiger partial charge in [0.1, 0.15) is 5.65 Å². The molecule has 27 heavy (non-hydrogen) atoms. The van der Waals surface area contributed by atoms with E-state index >= 15 is 0 Å². The predicted molar refractivity (Wildman–Crippen MR) is 102 cm³/mol. The van der Waals surface area contributed by atoms with Crippen LogP contribution in [0.4, 0.5) is 10.5 Å². The van der Waals surface area contributed by atoms with Crippen molar-refractivity contribution in [2.45, 2.75) is 25.4 Å². The Bertz CT molecular complexity index is 965. The number of ether oxygens (including phenoxy) is 2. The molecule has 0 atom stereocenters. The molecular weight excluding hydrogens is 344 g/mol. The lowest BCUT2D eigenvalue weighted by molar-refractivity contribution is 0.205. The quantitative estimate of drug-likeness (QED) is 0.724. The Hall–Kier alpha value is -3.22. The number of urea groups is 1. The van der Waals surface area contributed by atoms with Crippen LogP contribution in [0.5, 0.6) is 11.5 Å². The first-order valence-electron chi connectivity index (χ1n) is 8.91.